The van der Waals surface area contributed by atoms with E-state index in [-0.39, 0.29) is 5.91 Å². The number of hydrogen-bond donors (Lipinski definition) is 2. The third-order valence-corrected chi connectivity index (χ3v) is 4.10. The largest absolute Gasteiger partial charge is 0.493 e. The van der Waals surface area contributed by atoms with Gasteiger partial charge in [0.2, 0.25) is 5.75 Å². The summed E-state index contributed by atoms with van der Waals surface area (Å²) < 4.78 is 16.3. The molecule has 2 N–H and O–H groups in total. The zero-order chi connectivity index (χ0) is 18.5. The normalized spacial score (nSPS) is 12.4. The fraction of sp³-hybridized carbons (Fsp3) is 0.294. The maximum absolute atomic E-state index is 12.4. The maximum atomic E-state index is 12.4. The Hall–Kier alpha value is -2.38. The van der Waals surface area contributed by atoms with Crippen molar-refractivity contribution in [1.29, 1.82) is 0 Å². The molecule has 138 valence electrons. The third-order valence-electron chi connectivity index (χ3n) is 3.60. The topological polar surface area (TPSA) is 81.7 Å². The van der Waals surface area contributed by atoms with Crippen molar-refractivity contribution in [2.24, 2.45) is 0 Å². The van der Waals surface area contributed by atoms with Crippen LogP contribution in [0.2, 0.25) is 10.0 Å². The van der Waals surface area contributed by atoms with Crippen LogP contribution < -0.4 is 24.8 Å². The van der Waals surface area contributed by atoms with E-state index in [0.717, 1.165) is 0 Å². The first-order chi connectivity index (χ1) is 12.6. The smallest absolute Gasteiger partial charge is 0.251 e. The minimum atomic E-state index is -0.253. The van der Waals surface area contributed by atoms with Crippen molar-refractivity contribution in [3.05, 3.63) is 40.0 Å². The van der Waals surface area contributed by atoms with E-state index in [2.05, 4.69) is 15.6 Å². The number of ether oxygens (including phenoxy) is 3. The second kappa shape index (κ2) is 8.33. The Morgan fingerprint density at radius 3 is 2.81 bits per heavy atom. The second-order valence-corrected chi connectivity index (χ2v) is 6.21. The van der Waals surface area contributed by atoms with Gasteiger partial charge in [-0.1, -0.05) is 23.2 Å². The van der Waals surface area contributed by atoms with Crippen molar-refractivity contribution in [3.8, 4) is 17.2 Å². The molecule has 1 amide bonds. The van der Waals surface area contributed by atoms with Crippen LogP contribution in [0.3, 0.4) is 0 Å². The van der Waals surface area contributed by atoms with Crippen LogP contribution in [-0.2, 0) is 0 Å². The molecule has 0 aliphatic carbocycles. The van der Waals surface area contributed by atoms with E-state index in [0.29, 0.717) is 65.0 Å². The molecule has 9 heteroatoms. The highest BCUT2D eigenvalue weighted by Gasteiger charge is 2.20. The van der Waals surface area contributed by atoms with E-state index < -0.39 is 0 Å². The average Bonchev–Trinajstić information content (AvgIpc) is 2.65. The number of pyridine rings is 1. The number of nitrogens with zero attached hydrogens (tertiary/aromatic N) is 1. The van der Waals surface area contributed by atoms with E-state index in [9.17, 15) is 4.79 Å². The minimum absolute atomic E-state index is 0.253. The molecule has 0 saturated heterocycles. The molecule has 3 rings (SSSR count). The van der Waals surface area contributed by atoms with Crippen LogP contribution >= 0.6 is 23.2 Å². The van der Waals surface area contributed by atoms with Gasteiger partial charge in [-0.15, -0.1) is 0 Å². The van der Waals surface area contributed by atoms with Gasteiger partial charge in [0.25, 0.3) is 5.91 Å². The summed E-state index contributed by atoms with van der Waals surface area (Å²) in [6.45, 7) is 1.69. The lowest BCUT2D eigenvalue weighted by atomic mass is 10.1. The quantitative estimate of drug-likeness (QED) is 0.729. The standard InChI is InChI=1S/C17H17Cl2N3O4/c1-24-13-6-10(7-14-15(13)26-5-4-25-14)17(23)21-3-2-20-16-12(19)8-11(18)9-22-16/h6-9H,2-5H2,1H3,(H,20,22)(H,21,23). The first-order valence-electron chi connectivity index (χ1n) is 7.89. The number of rotatable bonds is 6. The number of benzene rings is 1. The van der Waals surface area contributed by atoms with Gasteiger partial charge in [0.05, 0.1) is 17.2 Å². The molecule has 1 aliphatic rings. The van der Waals surface area contributed by atoms with Crippen molar-refractivity contribution in [2.75, 3.05) is 38.7 Å². The molecule has 0 bridgehead atoms. The Balaban J connectivity index is 1.58. The Morgan fingerprint density at radius 1 is 1.23 bits per heavy atom. The van der Waals surface area contributed by atoms with Crippen LogP contribution in [0.4, 0.5) is 5.82 Å². The summed E-state index contributed by atoms with van der Waals surface area (Å²) >= 11 is 11.8. The van der Waals surface area contributed by atoms with Gasteiger partial charge in [-0.3, -0.25) is 4.79 Å². The first kappa shape index (κ1) is 18.4. The lowest BCUT2D eigenvalue weighted by Crippen LogP contribution is -2.29. The van der Waals surface area contributed by atoms with Gasteiger partial charge in [-0.2, -0.15) is 0 Å². The fourth-order valence-electron chi connectivity index (χ4n) is 2.41. The Morgan fingerprint density at radius 2 is 2.04 bits per heavy atom. The molecule has 1 aliphatic heterocycles. The number of hydrogen-bond acceptors (Lipinski definition) is 6. The van der Waals surface area contributed by atoms with Crippen molar-refractivity contribution in [2.45, 2.75) is 0 Å². The molecular weight excluding hydrogens is 381 g/mol. The summed E-state index contributed by atoms with van der Waals surface area (Å²) in [6, 6.07) is 4.85. The van der Waals surface area contributed by atoms with Gasteiger partial charge in [-0.25, -0.2) is 4.98 Å². The lowest BCUT2D eigenvalue weighted by Gasteiger charge is -2.21. The van der Waals surface area contributed by atoms with Gasteiger partial charge in [0.15, 0.2) is 11.5 Å². The summed E-state index contributed by atoms with van der Waals surface area (Å²) in [4.78, 5) is 16.5. The summed E-state index contributed by atoms with van der Waals surface area (Å²) in [5.41, 5.74) is 0.425. The SMILES string of the molecule is COc1cc(C(=O)NCCNc2ncc(Cl)cc2Cl)cc2c1OCCO2. The zero-order valence-electron chi connectivity index (χ0n) is 14.0. The van der Waals surface area contributed by atoms with Crippen molar-refractivity contribution in [1.82, 2.24) is 10.3 Å². The molecule has 2 heterocycles. The summed E-state index contributed by atoms with van der Waals surface area (Å²) in [6.07, 6.45) is 1.50. The molecule has 2 aromatic rings. The molecule has 26 heavy (non-hydrogen) atoms. The number of fused-ring (bicyclic) bond motifs is 1. The van der Waals surface area contributed by atoms with Gasteiger partial charge in [0.1, 0.15) is 19.0 Å². The predicted octanol–water partition coefficient (Wildman–Crippen LogP) is 3.01. The Bertz CT molecular complexity index is 800. The molecule has 0 spiro atoms. The number of nitrogens with one attached hydrogen (secondary N) is 2. The fourth-order valence-corrected chi connectivity index (χ4v) is 2.85. The molecule has 0 atom stereocenters. The Labute approximate surface area is 160 Å². The molecule has 0 fully saturated rings. The van der Waals surface area contributed by atoms with E-state index in [1.807, 2.05) is 0 Å². The number of halogens is 2. The van der Waals surface area contributed by atoms with E-state index in [1.165, 1.54) is 13.3 Å². The van der Waals surface area contributed by atoms with Gasteiger partial charge in [-0.05, 0) is 18.2 Å². The lowest BCUT2D eigenvalue weighted by molar-refractivity contribution is 0.0953. The number of anilines is 1. The molecule has 1 aromatic heterocycles. The highest BCUT2D eigenvalue weighted by Crippen LogP contribution is 2.40. The van der Waals surface area contributed by atoms with Crippen LogP contribution in [0.15, 0.2) is 24.4 Å². The third kappa shape index (κ3) is 4.23. The second-order valence-electron chi connectivity index (χ2n) is 5.37. The van der Waals surface area contributed by atoms with Crippen LogP contribution in [0.25, 0.3) is 0 Å². The average molecular weight is 398 g/mol. The summed E-state index contributed by atoms with van der Waals surface area (Å²) in [5.74, 6) is 1.72. The van der Waals surface area contributed by atoms with Crippen molar-refractivity contribution < 1.29 is 19.0 Å². The zero-order valence-corrected chi connectivity index (χ0v) is 15.5. The molecule has 0 unspecified atom stereocenters. The number of amides is 1. The summed E-state index contributed by atoms with van der Waals surface area (Å²) in [5, 5.41) is 6.72. The van der Waals surface area contributed by atoms with E-state index in [4.69, 9.17) is 37.4 Å². The van der Waals surface area contributed by atoms with Crippen LogP contribution in [-0.4, -0.2) is 44.3 Å². The van der Waals surface area contributed by atoms with Gasteiger partial charge >= 0.3 is 0 Å². The monoisotopic (exact) mass is 397 g/mol. The van der Waals surface area contributed by atoms with Gasteiger partial charge < -0.3 is 24.8 Å². The van der Waals surface area contributed by atoms with Crippen molar-refractivity contribution >= 4 is 34.9 Å². The number of carbonyl (C=O) groups excluding carboxylic acids is 1. The highest BCUT2D eigenvalue weighted by atomic mass is 35.5. The number of methoxy groups -OCH3 is 1. The maximum Gasteiger partial charge on any atom is 0.251 e. The highest BCUT2D eigenvalue weighted by molar-refractivity contribution is 6.35. The van der Waals surface area contributed by atoms with Crippen molar-refractivity contribution in [3.63, 3.8) is 0 Å². The summed E-state index contributed by atoms with van der Waals surface area (Å²) in [7, 11) is 1.52. The van der Waals surface area contributed by atoms with E-state index >= 15 is 0 Å². The molecule has 1 aromatic carbocycles. The van der Waals surface area contributed by atoms with Crippen LogP contribution in [0.1, 0.15) is 10.4 Å². The molecule has 0 radical (unpaired) electrons. The first-order valence-corrected chi connectivity index (χ1v) is 8.65. The molecule has 0 saturated carbocycles. The van der Waals surface area contributed by atoms with E-state index in [1.54, 1.807) is 18.2 Å². The predicted molar refractivity (Wildman–Crippen MR) is 99.1 cm³/mol. The number of carbonyl (C=O) groups is 1. The Kier molecular flexibility index (Phi) is 5.90. The molecular formula is C17H17Cl2N3O4. The van der Waals surface area contributed by atoms with Gasteiger partial charge in [0, 0.05) is 24.8 Å². The number of aromatic nitrogens is 1. The van der Waals surface area contributed by atoms with Crippen LogP contribution in [0.5, 0.6) is 17.2 Å². The van der Waals surface area contributed by atoms with Crippen LogP contribution in [0, 0.1) is 0 Å². The molecule has 7 nitrogen and oxygen atoms in total. The minimum Gasteiger partial charge on any atom is -0.493 e.